The molecule has 0 fully saturated rings. The standard InChI is InChI=1S/C37H63NO18/c1-5-6-9-21(3)34(56-33(48)17-24(36(51)52)15-31(45)46)29(55-32(47)16-23(35(49)50)14-30(43)44)13-20(2)12-25(39)10-7-8-11-26(40)18-27(41)22(4)38-19-28(42)37(53)54/h20-29,34,38-42H,5-19H2,1-4H3,(H,43,44)(H,45,46)(H,49,50)(H,51,52)(H,53,54)/t20-,21+,22-,23?,24?,25-,26+,27-,28?,29-,34-/m0/s1. The van der Waals surface area contributed by atoms with Crippen LogP contribution in [0, 0.1) is 23.7 Å². The maximum absolute atomic E-state index is 13.1. The van der Waals surface area contributed by atoms with E-state index in [4.69, 9.17) is 24.8 Å². The molecule has 0 saturated carbocycles. The van der Waals surface area contributed by atoms with Crippen molar-refractivity contribution in [3.05, 3.63) is 0 Å². The highest BCUT2D eigenvalue weighted by Crippen LogP contribution is 2.29. The SMILES string of the molecule is CCCC[C@@H](C)[C@H](OC(=O)CC(CC(=O)O)C(=O)O)[C@H](C[C@@H](C)C[C@@H](O)CCCC[C@@H](O)C[C@H](O)[C@H](C)NCC(O)C(=O)O)OC(=O)CC(CC(=O)O)C(=O)O. The van der Waals surface area contributed by atoms with Crippen molar-refractivity contribution in [2.24, 2.45) is 23.7 Å². The minimum Gasteiger partial charge on any atom is -0.481 e. The maximum atomic E-state index is 13.1. The smallest absolute Gasteiger partial charge is 0.333 e. The van der Waals surface area contributed by atoms with Gasteiger partial charge >= 0.3 is 41.8 Å². The summed E-state index contributed by atoms with van der Waals surface area (Å²) in [6.45, 7) is 6.64. The zero-order chi connectivity index (χ0) is 43.1. The van der Waals surface area contributed by atoms with E-state index in [1.54, 1.807) is 20.8 Å². The van der Waals surface area contributed by atoms with Crippen LogP contribution in [0.3, 0.4) is 0 Å². The summed E-state index contributed by atoms with van der Waals surface area (Å²) in [5.41, 5.74) is 0. The van der Waals surface area contributed by atoms with E-state index in [1.165, 1.54) is 0 Å². The van der Waals surface area contributed by atoms with Gasteiger partial charge in [0.2, 0.25) is 0 Å². The Morgan fingerprint density at radius 2 is 1.07 bits per heavy atom. The number of carbonyl (C=O) groups is 7. The maximum Gasteiger partial charge on any atom is 0.333 e. The van der Waals surface area contributed by atoms with Gasteiger partial charge in [-0.1, -0.05) is 46.5 Å². The van der Waals surface area contributed by atoms with Crippen LogP contribution in [0.5, 0.6) is 0 Å². The first-order valence-electron chi connectivity index (χ1n) is 19.0. The summed E-state index contributed by atoms with van der Waals surface area (Å²) in [7, 11) is 0. The Kier molecular flexibility index (Phi) is 25.7. The van der Waals surface area contributed by atoms with E-state index in [0.29, 0.717) is 38.5 Å². The quantitative estimate of drug-likeness (QED) is 0.0333. The molecule has 0 aliphatic carbocycles. The highest BCUT2D eigenvalue weighted by Gasteiger charge is 2.37. The number of carbonyl (C=O) groups excluding carboxylic acids is 2. The van der Waals surface area contributed by atoms with Crippen LogP contribution >= 0.6 is 0 Å². The van der Waals surface area contributed by atoms with E-state index in [9.17, 15) is 64.2 Å². The molecule has 56 heavy (non-hydrogen) atoms. The molecule has 0 radical (unpaired) electrons. The molecule has 3 unspecified atom stereocenters. The lowest BCUT2D eigenvalue weighted by Crippen LogP contribution is -2.44. The van der Waals surface area contributed by atoms with Gasteiger partial charge in [0.15, 0.2) is 6.10 Å². The number of hydrogen-bond donors (Lipinski definition) is 10. The number of esters is 2. The molecule has 11 atom stereocenters. The third kappa shape index (κ3) is 23.2. The zero-order valence-corrected chi connectivity index (χ0v) is 32.7. The van der Waals surface area contributed by atoms with E-state index < -0.39 is 134 Å². The number of nitrogens with one attached hydrogen (secondary N) is 1. The van der Waals surface area contributed by atoms with E-state index in [2.05, 4.69) is 5.32 Å². The zero-order valence-electron chi connectivity index (χ0n) is 32.7. The Hall–Kier alpha value is -3.91. The molecule has 0 aliphatic heterocycles. The summed E-state index contributed by atoms with van der Waals surface area (Å²) in [6, 6.07) is -0.607. The molecule has 0 spiro atoms. The van der Waals surface area contributed by atoms with E-state index in [0.717, 1.165) is 6.42 Å². The molecule has 0 bridgehead atoms. The van der Waals surface area contributed by atoms with E-state index >= 15 is 0 Å². The highest BCUT2D eigenvalue weighted by atomic mass is 16.6. The number of carboxylic acids is 5. The first-order chi connectivity index (χ1) is 26.1. The number of hydrogen-bond acceptors (Lipinski definition) is 14. The molecule has 19 heteroatoms. The normalized spacial score (nSPS) is 17.4. The Morgan fingerprint density at radius 1 is 0.589 bits per heavy atom. The van der Waals surface area contributed by atoms with Gasteiger partial charge in [0.1, 0.15) is 12.2 Å². The van der Waals surface area contributed by atoms with Gasteiger partial charge in [-0.05, 0) is 50.9 Å². The van der Waals surface area contributed by atoms with Gasteiger partial charge in [-0.2, -0.15) is 0 Å². The number of aliphatic carboxylic acids is 5. The summed E-state index contributed by atoms with van der Waals surface area (Å²) >= 11 is 0. The van der Waals surface area contributed by atoms with Crippen LogP contribution in [0.4, 0.5) is 0 Å². The minimum absolute atomic E-state index is 0.0144. The summed E-state index contributed by atoms with van der Waals surface area (Å²) in [6.07, 6.45) is -6.67. The number of aliphatic hydroxyl groups is 4. The second kappa shape index (κ2) is 27.6. The Morgan fingerprint density at radius 3 is 1.52 bits per heavy atom. The predicted octanol–water partition coefficient (Wildman–Crippen LogP) is 1.64. The fourth-order valence-electron chi connectivity index (χ4n) is 6.19. The van der Waals surface area contributed by atoms with Crippen LogP contribution in [0.25, 0.3) is 0 Å². The number of unbranched alkanes of at least 4 members (excludes halogenated alkanes) is 2. The van der Waals surface area contributed by atoms with E-state index in [1.807, 2.05) is 6.92 Å². The monoisotopic (exact) mass is 809 g/mol. The first-order valence-corrected chi connectivity index (χ1v) is 19.0. The Bertz CT molecular complexity index is 1250. The largest absolute Gasteiger partial charge is 0.481 e. The summed E-state index contributed by atoms with van der Waals surface area (Å²) in [5, 5.41) is 89.6. The van der Waals surface area contributed by atoms with Gasteiger partial charge in [-0.25, -0.2) is 4.79 Å². The topological polar surface area (TPSA) is 332 Å². The molecule has 0 amide bonds. The number of carboxylic acid groups (broad SMARTS) is 5. The average Bonchev–Trinajstić information content (AvgIpc) is 3.08. The molecular formula is C37H63NO18. The molecule has 0 aromatic heterocycles. The predicted molar refractivity (Wildman–Crippen MR) is 195 cm³/mol. The number of aliphatic hydroxyl groups excluding tert-OH is 4. The van der Waals surface area contributed by atoms with Gasteiger partial charge < -0.3 is 60.7 Å². The lowest BCUT2D eigenvalue weighted by atomic mass is 9.87. The Balaban J connectivity index is 5.79. The molecule has 0 rings (SSSR count). The van der Waals surface area contributed by atoms with Gasteiger partial charge in [-0.3, -0.25) is 28.8 Å². The highest BCUT2D eigenvalue weighted by molar-refractivity contribution is 5.84. The van der Waals surface area contributed by atoms with Gasteiger partial charge in [0.25, 0.3) is 0 Å². The second-order valence-corrected chi connectivity index (χ2v) is 14.8. The molecule has 19 nitrogen and oxygen atoms in total. The summed E-state index contributed by atoms with van der Waals surface area (Å²) in [5.74, 6) is -13.7. The van der Waals surface area contributed by atoms with Crippen LogP contribution in [0.15, 0.2) is 0 Å². The molecule has 324 valence electrons. The van der Waals surface area contributed by atoms with Crippen LogP contribution < -0.4 is 5.32 Å². The third-order valence-corrected chi connectivity index (χ3v) is 9.50. The first kappa shape index (κ1) is 52.1. The lowest BCUT2D eigenvalue weighted by molar-refractivity contribution is -0.177. The minimum atomic E-state index is -1.64. The average molecular weight is 810 g/mol. The molecule has 0 aromatic carbocycles. The van der Waals surface area contributed by atoms with Crippen molar-refractivity contribution in [3.8, 4) is 0 Å². The lowest BCUT2D eigenvalue weighted by Gasteiger charge is -2.33. The van der Waals surface area contributed by atoms with Crippen molar-refractivity contribution in [1.82, 2.24) is 5.32 Å². The fraction of sp³-hybridized carbons (Fsp3) is 0.811. The third-order valence-electron chi connectivity index (χ3n) is 9.50. The molecule has 0 aromatic rings. The Labute approximate surface area is 326 Å². The van der Waals surface area contributed by atoms with E-state index in [-0.39, 0.29) is 25.8 Å². The van der Waals surface area contributed by atoms with Gasteiger partial charge in [0.05, 0.1) is 55.8 Å². The van der Waals surface area contributed by atoms with Crippen molar-refractivity contribution in [3.63, 3.8) is 0 Å². The van der Waals surface area contributed by atoms with Crippen LogP contribution in [-0.4, -0.2) is 137 Å². The summed E-state index contributed by atoms with van der Waals surface area (Å²) in [4.78, 5) is 82.7. The van der Waals surface area contributed by atoms with Crippen molar-refractivity contribution < 1.29 is 89.0 Å². The van der Waals surface area contributed by atoms with Crippen LogP contribution in [0.2, 0.25) is 0 Å². The summed E-state index contributed by atoms with van der Waals surface area (Å²) < 4.78 is 11.4. The van der Waals surface area contributed by atoms with Crippen LogP contribution in [0.1, 0.15) is 118 Å². The van der Waals surface area contributed by atoms with Crippen molar-refractivity contribution in [2.45, 2.75) is 160 Å². The molecule has 0 aliphatic rings. The molecule has 0 heterocycles. The van der Waals surface area contributed by atoms with Crippen LogP contribution in [-0.2, 0) is 43.0 Å². The molecule has 10 N–H and O–H groups in total. The fourth-order valence-corrected chi connectivity index (χ4v) is 6.19. The van der Waals surface area contributed by atoms with Gasteiger partial charge in [0, 0.05) is 19.0 Å². The number of rotatable bonds is 33. The number of ether oxygens (including phenoxy) is 2. The van der Waals surface area contributed by atoms with Gasteiger partial charge in [-0.15, -0.1) is 0 Å². The second-order valence-electron chi connectivity index (χ2n) is 14.8. The van der Waals surface area contributed by atoms with Crippen molar-refractivity contribution in [2.75, 3.05) is 6.54 Å². The molecule has 0 saturated heterocycles. The van der Waals surface area contributed by atoms with Crippen molar-refractivity contribution in [1.29, 1.82) is 0 Å². The van der Waals surface area contributed by atoms with Crippen molar-refractivity contribution >= 4 is 41.8 Å². The molecular weight excluding hydrogens is 746 g/mol.